The summed E-state index contributed by atoms with van der Waals surface area (Å²) in [4.78, 5) is 7.80. The van der Waals surface area contributed by atoms with Crippen LogP contribution in [0.25, 0.3) is 0 Å². The number of hydrogen-bond acceptors (Lipinski definition) is 3. The average molecular weight is 332 g/mol. The zero-order valence-electron chi connectivity index (χ0n) is 10.9. The van der Waals surface area contributed by atoms with Crippen LogP contribution in [0.4, 0.5) is 0 Å². The second kappa shape index (κ2) is 7.11. The van der Waals surface area contributed by atoms with Gasteiger partial charge in [-0.25, -0.2) is 9.97 Å². The van der Waals surface area contributed by atoms with Gasteiger partial charge in [0.05, 0.1) is 6.61 Å². The molecule has 2 rings (SSSR count). The first kappa shape index (κ1) is 15.4. The zero-order valence-corrected chi connectivity index (χ0v) is 13.1. The lowest BCUT2D eigenvalue weighted by Gasteiger charge is -2.08. The second-order valence-corrected chi connectivity index (χ2v) is 5.28. The van der Waals surface area contributed by atoms with Gasteiger partial charge in [0.1, 0.15) is 16.1 Å². The molecule has 0 unspecified atom stereocenters. The Morgan fingerprint density at radius 2 is 1.60 bits per heavy atom. The molecule has 106 valence electrons. The first-order valence-electron chi connectivity index (χ1n) is 6.19. The third-order valence-electron chi connectivity index (χ3n) is 2.66. The van der Waals surface area contributed by atoms with Crippen LogP contribution in [-0.4, -0.2) is 16.6 Å². The van der Waals surface area contributed by atoms with Gasteiger partial charge in [-0.05, 0) is 35.7 Å². The van der Waals surface area contributed by atoms with Gasteiger partial charge >= 0.3 is 0 Å². The van der Waals surface area contributed by atoms with Crippen LogP contribution < -0.4 is 4.74 Å². The van der Waals surface area contributed by atoms with Crippen molar-refractivity contribution in [3.63, 3.8) is 0 Å². The van der Waals surface area contributed by atoms with Crippen molar-refractivity contribution in [2.24, 2.45) is 0 Å². The van der Waals surface area contributed by atoms with Gasteiger partial charge in [0.25, 0.3) is 0 Å². The molecule has 0 saturated carbocycles. The van der Waals surface area contributed by atoms with E-state index in [1.54, 1.807) is 0 Å². The molecule has 2 aromatic rings. The molecule has 6 heteroatoms. The van der Waals surface area contributed by atoms with Crippen molar-refractivity contribution in [1.29, 1.82) is 0 Å². The summed E-state index contributed by atoms with van der Waals surface area (Å²) < 4.78 is 5.53. The van der Waals surface area contributed by atoms with Gasteiger partial charge in [-0.3, -0.25) is 0 Å². The summed E-state index contributed by atoms with van der Waals surface area (Å²) in [5.41, 5.74) is 1.71. The van der Waals surface area contributed by atoms with E-state index in [0.29, 0.717) is 18.6 Å². The fourth-order valence-electron chi connectivity index (χ4n) is 1.68. The number of nitrogens with zero attached hydrogens (tertiary/aromatic N) is 2. The third-order valence-corrected chi connectivity index (χ3v) is 3.45. The number of rotatable bonds is 5. The van der Waals surface area contributed by atoms with Crippen molar-refractivity contribution >= 4 is 34.8 Å². The number of benzene rings is 1. The molecule has 1 aromatic heterocycles. The van der Waals surface area contributed by atoms with Gasteiger partial charge in [0, 0.05) is 12.0 Å². The molecule has 0 aliphatic carbocycles. The molecule has 0 N–H and O–H groups in total. The van der Waals surface area contributed by atoms with E-state index in [2.05, 4.69) is 16.9 Å². The number of aromatic nitrogens is 2. The largest absolute Gasteiger partial charge is 0.494 e. The molecule has 0 spiro atoms. The highest BCUT2D eigenvalue weighted by Crippen LogP contribution is 2.26. The molecule has 0 fully saturated rings. The summed E-state index contributed by atoms with van der Waals surface area (Å²) in [5.74, 6) is 0.847. The number of ether oxygens (including phenoxy) is 1. The highest BCUT2D eigenvalue weighted by atomic mass is 35.5. The Bertz CT molecular complexity index is 564. The topological polar surface area (TPSA) is 35.0 Å². The van der Waals surface area contributed by atoms with E-state index < -0.39 is 0 Å². The highest BCUT2D eigenvalue weighted by molar-refractivity contribution is 6.36. The van der Waals surface area contributed by atoms with Gasteiger partial charge in [-0.1, -0.05) is 42.3 Å². The van der Waals surface area contributed by atoms with Gasteiger partial charge < -0.3 is 4.74 Å². The summed E-state index contributed by atoms with van der Waals surface area (Å²) in [7, 11) is 0. The Labute approximate surface area is 132 Å². The Hall–Kier alpha value is -1.03. The maximum atomic E-state index is 6.04. The Morgan fingerprint density at radius 3 is 2.15 bits per heavy atom. The molecule has 0 aliphatic heterocycles. The van der Waals surface area contributed by atoms with Crippen LogP contribution in [0.2, 0.25) is 15.6 Å². The van der Waals surface area contributed by atoms with Gasteiger partial charge in [-0.2, -0.15) is 0 Å². The van der Waals surface area contributed by atoms with Crippen molar-refractivity contribution in [3.8, 4) is 5.75 Å². The van der Waals surface area contributed by atoms with Gasteiger partial charge in [-0.15, -0.1) is 0 Å². The lowest BCUT2D eigenvalue weighted by molar-refractivity contribution is 0.317. The van der Waals surface area contributed by atoms with E-state index in [-0.39, 0.29) is 15.6 Å². The molecule has 0 atom stereocenters. The molecular weight excluding hydrogens is 319 g/mol. The van der Waals surface area contributed by atoms with E-state index in [0.717, 1.165) is 17.7 Å². The van der Waals surface area contributed by atoms with E-state index in [1.165, 1.54) is 0 Å². The van der Waals surface area contributed by atoms with Gasteiger partial charge in [0.15, 0.2) is 0 Å². The predicted molar refractivity (Wildman–Crippen MR) is 82.1 cm³/mol. The molecule has 3 nitrogen and oxygen atoms in total. The standard InChI is InChI=1S/C14H13Cl3N2O/c1-2-7-20-10-5-3-9(4-6-10)8-11-12(15)18-14(17)19-13(11)16/h3-6H,2,7-8H2,1H3. The van der Waals surface area contributed by atoms with Crippen molar-refractivity contribution in [2.75, 3.05) is 6.61 Å². The van der Waals surface area contributed by atoms with Crippen LogP contribution >= 0.6 is 34.8 Å². The monoisotopic (exact) mass is 330 g/mol. The minimum Gasteiger partial charge on any atom is -0.494 e. The fraction of sp³-hybridized carbons (Fsp3) is 0.286. The molecule has 1 heterocycles. The average Bonchev–Trinajstić information content (AvgIpc) is 2.42. The van der Waals surface area contributed by atoms with Crippen molar-refractivity contribution < 1.29 is 4.74 Å². The lowest BCUT2D eigenvalue weighted by Crippen LogP contribution is -1.98. The summed E-state index contributed by atoms with van der Waals surface area (Å²) >= 11 is 17.8. The molecule has 0 saturated heterocycles. The maximum Gasteiger partial charge on any atom is 0.225 e. The molecule has 0 amide bonds. The van der Waals surface area contributed by atoms with Gasteiger partial charge in [0.2, 0.25) is 5.28 Å². The second-order valence-electron chi connectivity index (χ2n) is 4.22. The van der Waals surface area contributed by atoms with E-state index >= 15 is 0 Å². The molecule has 1 aromatic carbocycles. The Kier molecular flexibility index (Phi) is 5.46. The van der Waals surface area contributed by atoms with Crippen LogP contribution in [0, 0.1) is 0 Å². The molecule has 0 bridgehead atoms. The summed E-state index contributed by atoms with van der Waals surface area (Å²) in [6.45, 7) is 2.78. The minimum absolute atomic E-state index is 0.0482. The normalized spacial score (nSPS) is 10.6. The van der Waals surface area contributed by atoms with Crippen LogP contribution in [0.15, 0.2) is 24.3 Å². The summed E-state index contributed by atoms with van der Waals surface area (Å²) in [6, 6.07) is 7.77. The lowest BCUT2D eigenvalue weighted by atomic mass is 10.1. The zero-order chi connectivity index (χ0) is 14.5. The minimum atomic E-state index is 0.0482. The Morgan fingerprint density at radius 1 is 1.00 bits per heavy atom. The van der Waals surface area contributed by atoms with Crippen molar-refractivity contribution in [2.45, 2.75) is 19.8 Å². The van der Waals surface area contributed by atoms with E-state index in [9.17, 15) is 0 Å². The highest BCUT2D eigenvalue weighted by Gasteiger charge is 2.11. The predicted octanol–water partition coefficient (Wildman–Crippen LogP) is 4.82. The van der Waals surface area contributed by atoms with Crippen LogP contribution in [0.1, 0.15) is 24.5 Å². The third kappa shape index (κ3) is 3.98. The van der Waals surface area contributed by atoms with Crippen LogP contribution in [-0.2, 0) is 6.42 Å². The van der Waals surface area contributed by atoms with E-state index in [1.807, 2.05) is 24.3 Å². The molecular formula is C14H13Cl3N2O. The summed E-state index contributed by atoms with van der Waals surface area (Å²) in [6.07, 6.45) is 1.53. The quantitative estimate of drug-likeness (QED) is 0.582. The van der Waals surface area contributed by atoms with E-state index in [4.69, 9.17) is 39.5 Å². The van der Waals surface area contributed by atoms with Crippen LogP contribution in [0.3, 0.4) is 0 Å². The maximum absolute atomic E-state index is 6.04. The SMILES string of the molecule is CCCOc1ccc(Cc2c(Cl)nc(Cl)nc2Cl)cc1. The van der Waals surface area contributed by atoms with Crippen molar-refractivity contribution in [1.82, 2.24) is 9.97 Å². The smallest absolute Gasteiger partial charge is 0.225 e. The molecule has 0 aliphatic rings. The molecule has 20 heavy (non-hydrogen) atoms. The van der Waals surface area contributed by atoms with Crippen LogP contribution in [0.5, 0.6) is 5.75 Å². The number of halogens is 3. The Balaban J connectivity index is 2.14. The first-order chi connectivity index (χ1) is 9.60. The number of hydrogen-bond donors (Lipinski definition) is 0. The molecule has 0 radical (unpaired) electrons. The van der Waals surface area contributed by atoms with Crippen molar-refractivity contribution in [3.05, 3.63) is 51.0 Å². The summed E-state index contributed by atoms with van der Waals surface area (Å²) in [5, 5.41) is 0.606. The first-order valence-corrected chi connectivity index (χ1v) is 7.32. The fourth-order valence-corrected chi connectivity index (χ4v) is 2.46.